The summed E-state index contributed by atoms with van der Waals surface area (Å²) in [6.45, 7) is 6.89. The summed E-state index contributed by atoms with van der Waals surface area (Å²) in [5.41, 5.74) is 0.616. The van der Waals surface area contributed by atoms with Gasteiger partial charge in [0.15, 0.2) is 0 Å². The molecule has 2 aromatic heterocycles. The van der Waals surface area contributed by atoms with Gasteiger partial charge in [0.2, 0.25) is 11.8 Å². The first-order chi connectivity index (χ1) is 17.7. The number of aromatic nitrogens is 4. The van der Waals surface area contributed by atoms with Gasteiger partial charge in [0.25, 0.3) is 0 Å². The number of ether oxygens (including phenoxy) is 1. The Hall–Kier alpha value is -3.95. The van der Waals surface area contributed by atoms with Gasteiger partial charge in [0.1, 0.15) is 5.75 Å². The average molecular weight is 508 g/mol. The molecule has 10 nitrogen and oxygen atoms in total. The van der Waals surface area contributed by atoms with Gasteiger partial charge in [-0.05, 0) is 67.9 Å². The van der Waals surface area contributed by atoms with E-state index in [2.05, 4.69) is 22.2 Å². The smallest absolute Gasteiger partial charge is 0.354 e. The summed E-state index contributed by atoms with van der Waals surface area (Å²) in [5.74, 6) is 1.05. The van der Waals surface area contributed by atoms with E-state index in [9.17, 15) is 14.4 Å². The van der Waals surface area contributed by atoms with Crippen molar-refractivity contribution >= 4 is 17.6 Å². The minimum atomic E-state index is -1.06. The molecule has 1 aliphatic carbocycles. The molecule has 2 heterocycles. The highest BCUT2D eigenvalue weighted by Gasteiger charge is 2.22. The van der Waals surface area contributed by atoms with Gasteiger partial charge in [-0.1, -0.05) is 26.7 Å². The SMILES string of the molecule is CCCn1c(=O)nc(Nc2ccc(Oc3ccc(C(=O)O)cn3)c(C)c2)n(CC2CCC(C)CC2)c1=O. The molecule has 3 aromatic rings. The summed E-state index contributed by atoms with van der Waals surface area (Å²) in [4.78, 5) is 45.3. The number of aromatic carboxylic acids is 1. The fourth-order valence-corrected chi connectivity index (χ4v) is 4.62. The first-order valence-corrected chi connectivity index (χ1v) is 12.7. The molecule has 1 aliphatic rings. The van der Waals surface area contributed by atoms with E-state index < -0.39 is 11.7 Å². The Morgan fingerprint density at radius 1 is 1.14 bits per heavy atom. The molecule has 37 heavy (non-hydrogen) atoms. The second kappa shape index (κ2) is 11.4. The van der Waals surface area contributed by atoms with Crippen molar-refractivity contribution in [1.82, 2.24) is 19.1 Å². The Labute approximate surface area is 215 Å². The molecule has 10 heteroatoms. The molecule has 0 bridgehead atoms. The Bertz CT molecular complexity index is 1370. The third-order valence-corrected chi connectivity index (χ3v) is 6.80. The van der Waals surface area contributed by atoms with Gasteiger partial charge in [-0.25, -0.2) is 23.9 Å². The molecule has 4 rings (SSSR count). The number of benzene rings is 1. The third kappa shape index (κ3) is 6.25. The molecule has 2 N–H and O–H groups in total. The van der Waals surface area contributed by atoms with Crippen molar-refractivity contribution in [1.29, 1.82) is 0 Å². The Morgan fingerprint density at radius 2 is 1.89 bits per heavy atom. The highest BCUT2D eigenvalue weighted by atomic mass is 16.5. The van der Waals surface area contributed by atoms with Crippen LogP contribution in [-0.4, -0.2) is 30.2 Å². The Balaban J connectivity index is 1.58. The number of hydrogen-bond donors (Lipinski definition) is 2. The summed E-state index contributed by atoms with van der Waals surface area (Å²) in [7, 11) is 0. The Morgan fingerprint density at radius 3 is 2.51 bits per heavy atom. The van der Waals surface area contributed by atoms with E-state index in [1.54, 1.807) is 16.7 Å². The number of carboxylic acid groups (broad SMARTS) is 1. The fourth-order valence-electron chi connectivity index (χ4n) is 4.62. The topological polar surface area (TPSA) is 128 Å². The molecule has 0 radical (unpaired) electrons. The number of hydrogen-bond acceptors (Lipinski definition) is 7. The van der Waals surface area contributed by atoms with Crippen molar-refractivity contribution in [3.63, 3.8) is 0 Å². The van der Waals surface area contributed by atoms with Crippen LogP contribution in [0.1, 0.15) is 61.9 Å². The summed E-state index contributed by atoms with van der Waals surface area (Å²) >= 11 is 0. The molecular formula is C27H33N5O5. The van der Waals surface area contributed by atoms with Crippen LogP contribution >= 0.6 is 0 Å². The normalized spacial score (nSPS) is 17.4. The molecule has 0 spiro atoms. The van der Waals surface area contributed by atoms with Crippen LogP contribution in [0, 0.1) is 18.8 Å². The summed E-state index contributed by atoms with van der Waals surface area (Å²) in [6.07, 6.45) is 6.28. The second-order valence-electron chi connectivity index (χ2n) is 9.79. The van der Waals surface area contributed by atoms with E-state index in [-0.39, 0.29) is 23.1 Å². The third-order valence-electron chi connectivity index (χ3n) is 6.80. The number of aryl methyl sites for hydroxylation is 1. The lowest BCUT2D eigenvalue weighted by atomic mass is 9.83. The van der Waals surface area contributed by atoms with Crippen molar-refractivity contribution in [2.45, 2.75) is 66.0 Å². The van der Waals surface area contributed by atoms with Crippen LogP contribution in [-0.2, 0) is 13.1 Å². The van der Waals surface area contributed by atoms with Crippen LogP contribution in [0.2, 0.25) is 0 Å². The van der Waals surface area contributed by atoms with E-state index in [0.29, 0.717) is 42.8 Å². The van der Waals surface area contributed by atoms with Gasteiger partial charge < -0.3 is 15.2 Å². The molecule has 1 saturated carbocycles. The van der Waals surface area contributed by atoms with Gasteiger partial charge in [-0.15, -0.1) is 0 Å². The zero-order valence-corrected chi connectivity index (χ0v) is 21.4. The molecule has 0 aliphatic heterocycles. The highest BCUT2D eigenvalue weighted by molar-refractivity contribution is 5.87. The Kier molecular flexibility index (Phi) is 8.05. The maximum absolute atomic E-state index is 13.3. The van der Waals surface area contributed by atoms with Crippen molar-refractivity contribution in [2.24, 2.45) is 11.8 Å². The van der Waals surface area contributed by atoms with Crippen LogP contribution in [0.5, 0.6) is 11.6 Å². The molecular weight excluding hydrogens is 474 g/mol. The number of rotatable bonds is 9. The number of carbonyl (C=O) groups is 1. The number of nitrogens with zero attached hydrogens (tertiary/aromatic N) is 4. The molecule has 1 fully saturated rings. The number of carboxylic acids is 1. The lowest BCUT2D eigenvalue weighted by Gasteiger charge is -2.27. The molecule has 0 saturated heterocycles. The number of nitrogens with one attached hydrogen (secondary N) is 1. The van der Waals surface area contributed by atoms with Crippen LogP contribution in [0.15, 0.2) is 46.1 Å². The van der Waals surface area contributed by atoms with Gasteiger partial charge in [-0.3, -0.25) is 4.57 Å². The van der Waals surface area contributed by atoms with Gasteiger partial charge in [0, 0.05) is 31.0 Å². The number of anilines is 2. The summed E-state index contributed by atoms with van der Waals surface area (Å²) in [6, 6.07) is 8.26. The van der Waals surface area contributed by atoms with Crippen LogP contribution in [0.3, 0.4) is 0 Å². The summed E-state index contributed by atoms with van der Waals surface area (Å²) in [5, 5.41) is 12.2. The zero-order chi connectivity index (χ0) is 26.5. The van der Waals surface area contributed by atoms with Crippen LogP contribution < -0.4 is 21.4 Å². The van der Waals surface area contributed by atoms with Crippen molar-refractivity contribution in [3.05, 3.63) is 68.6 Å². The molecule has 0 unspecified atom stereocenters. The standard InChI is InChI=1S/C27H33N5O5/c1-4-13-31-26(35)30-25(32(27(31)36)16-19-7-5-17(2)6-8-19)29-21-10-11-22(18(3)14-21)37-23-12-9-20(15-28-23)24(33)34/h9-12,14-15,17,19H,4-8,13,16H2,1-3H3,(H,33,34)(H,29,30,35). The zero-order valence-electron chi connectivity index (χ0n) is 21.4. The van der Waals surface area contributed by atoms with E-state index in [1.807, 2.05) is 19.9 Å². The first-order valence-electron chi connectivity index (χ1n) is 12.7. The molecule has 196 valence electrons. The van der Waals surface area contributed by atoms with E-state index in [4.69, 9.17) is 9.84 Å². The second-order valence-corrected chi connectivity index (χ2v) is 9.79. The van der Waals surface area contributed by atoms with E-state index in [0.717, 1.165) is 31.2 Å². The first kappa shape index (κ1) is 26.1. The predicted octanol–water partition coefficient (Wildman–Crippen LogP) is 4.58. The molecule has 0 atom stereocenters. The maximum atomic E-state index is 13.3. The van der Waals surface area contributed by atoms with Crippen molar-refractivity contribution < 1.29 is 14.6 Å². The quantitative estimate of drug-likeness (QED) is 0.431. The molecule has 1 aromatic carbocycles. The van der Waals surface area contributed by atoms with Gasteiger partial charge in [-0.2, -0.15) is 4.98 Å². The fraction of sp³-hybridized carbons (Fsp3) is 0.444. The number of pyridine rings is 1. The van der Waals surface area contributed by atoms with Crippen molar-refractivity contribution in [3.8, 4) is 11.6 Å². The highest BCUT2D eigenvalue weighted by Crippen LogP contribution is 2.30. The minimum Gasteiger partial charge on any atom is -0.478 e. The predicted molar refractivity (Wildman–Crippen MR) is 140 cm³/mol. The molecule has 0 amide bonds. The van der Waals surface area contributed by atoms with Gasteiger partial charge >= 0.3 is 17.3 Å². The lowest BCUT2D eigenvalue weighted by Crippen LogP contribution is -2.43. The summed E-state index contributed by atoms with van der Waals surface area (Å²) < 4.78 is 8.62. The van der Waals surface area contributed by atoms with E-state index in [1.165, 1.54) is 22.9 Å². The monoisotopic (exact) mass is 507 g/mol. The lowest BCUT2D eigenvalue weighted by molar-refractivity contribution is 0.0696. The van der Waals surface area contributed by atoms with Crippen molar-refractivity contribution in [2.75, 3.05) is 5.32 Å². The van der Waals surface area contributed by atoms with Crippen LogP contribution in [0.4, 0.5) is 11.6 Å². The maximum Gasteiger partial charge on any atom is 0.354 e. The van der Waals surface area contributed by atoms with E-state index >= 15 is 0 Å². The largest absolute Gasteiger partial charge is 0.478 e. The van der Waals surface area contributed by atoms with Crippen LogP contribution in [0.25, 0.3) is 0 Å². The van der Waals surface area contributed by atoms with Gasteiger partial charge in [0.05, 0.1) is 5.56 Å². The minimum absolute atomic E-state index is 0.0748. The average Bonchev–Trinajstić information content (AvgIpc) is 2.87.